The van der Waals surface area contributed by atoms with E-state index >= 15 is 0 Å². The van der Waals surface area contributed by atoms with E-state index in [1.54, 1.807) is 37.2 Å². The van der Waals surface area contributed by atoms with Gasteiger partial charge in [-0.2, -0.15) is 0 Å². The lowest BCUT2D eigenvalue weighted by Crippen LogP contribution is -2.38. The van der Waals surface area contributed by atoms with E-state index in [0.717, 1.165) is 42.7 Å². The zero-order valence-corrected chi connectivity index (χ0v) is 17.4. The van der Waals surface area contributed by atoms with Gasteiger partial charge in [0.1, 0.15) is 17.1 Å². The molecule has 158 valence electrons. The fraction of sp³-hybridized carbons (Fsp3) is 0.409. The SMILES string of the molecule is COc1ccc(OC)c(CN(c2nn3cccnc3c2C(N)=O)C2CCCCC2)c1. The molecule has 1 fully saturated rings. The number of hydrogen-bond acceptors (Lipinski definition) is 6. The minimum absolute atomic E-state index is 0.248. The Balaban J connectivity index is 1.83. The Morgan fingerprint density at radius 1 is 1.23 bits per heavy atom. The van der Waals surface area contributed by atoms with Gasteiger partial charge in [-0.1, -0.05) is 19.3 Å². The van der Waals surface area contributed by atoms with Gasteiger partial charge in [-0.3, -0.25) is 4.79 Å². The molecule has 0 saturated heterocycles. The molecule has 1 aliphatic carbocycles. The van der Waals surface area contributed by atoms with Crippen LogP contribution in [-0.4, -0.2) is 40.8 Å². The van der Waals surface area contributed by atoms with Gasteiger partial charge < -0.3 is 20.1 Å². The molecule has 0 atom stereocenters. The maximum Gasteiger partial charge on any atom is 0.256 e. The van der Waals surface area contributed by atoms with E-state index in [2.05, 4.69) is 9.88 Å². The highest BCUT2D eigenvalue weighted by Crippen LogP contribution is 2.34. The highest BCUT2D eigenvalue weighted by atomic mass is 16.5. The van der Waals surface area contributed by atoms with Crippen LogP contribution < -0.4 is 20.1 Å². The molecule has 1 amide bonds. The van der Waals surface area contributed by atoms with Gasteiger partial charge in [0.05, 0.1) is 14.2 Å². The van der Waals surface area contributed by atoms with Gasteiger partial charge in [0, 0.05) is 30.5 Å². The van der Waals surface area contributed by atoms with Gasteiger partial charge in [0.15, 0.2) is 11.5 Å². The van der Waals surface area contributed by atoms with Crippen molar-refractivity contribution in [2.75, 3.05) is 19.1 Å². The first kappa shape index (κ1) is 20.0. The zero-order chi connectivity index (χ0) is 21.1. The normalized spacial score (nSPS) is 14.6. The monoisotopic (exact) mass is 409 g/mol. The molecule has 2 aromatic heterocycles. The quantitative estimate of drug-likeness (QED) is 0.644. The van der Waals surface area contributed by atoms with Crippen molar-refractivity contribution >= 4 is 17.4 Å². The van der Waals surface area contributed by atoms with Crippen molar-refractivity contribution in [3.63, 3.8) is 0 Å². The standard InChI is InChI=1S/C22H27N5O3/c1-29-17-9-10-18(30-2)15(13-17)14-26(16-7-4-3-5-8-16)22-19(20(23)28)21-24-11-6-12-27(21)25-22/h6,9-13,16H,3-5,7-8,14H2,1-2H3,(H2,23,28). The number of fused-ring (bicyclic) bond motifs is 1. The number of primary amides is 1. The van der Waals surface area contributed by atoms with Crippen LogP contribution >= 0.6 is 0 Å². The molecule has 0 unspecified atom stereocenters. The third-order valence-corrected chi connectivity index (χ3v) is 5.74. The zero-order valence-electron chi connectivity index (χ0n) is 17.4. The van der Waals surface area contributed by atoms with Crippen LogP contribution in [0.2, 0.25) is 0 Å². The lowest BCUT2D eigenvalue weighted by molar-refractivity contribution is 0.100. The molecular weight excluding hydrogens is 382 g/mol. The molecule has 2 heterocycles. The minimum atomic E-state index is -0.530. The molecule has 3 aromatic rings. The molecule has 1 aliphatic rings. The van der Waals surface area contributed by atoms with Crippen molar-refractivity contribution in [2.45, 2.75) is 44.7 Å². The number of ether oxygens (including phenoxy) is 2. The second-order valence-corrected chi connectivity index (χ2v) is 7.55. The fourth-order valence-corrected chi connectivity index (χ4v) is 4.26. The summed E-state index contributed by atoms with van der Waals surface area (Å²) in [6, 6.07) is 7.76. The Hall–Kier alpha value is -3.29. The second-order valence-electron chi connectivity index (χ2n) is 7.55. The molecule has 0 aliphatic heterocycles. The van der Waals surface area contributed by atoms with E-state index in [1.807, 2.05) is 18.2 Å². The topological polar surface area (TPSA) is 95.0 Å². The van der Waals surface area contributed by atoms with Crippen molar-refractivity contribution in [1.82, 2.24) is 14.6 Å². The van der Waals surface area contributed by atoms with Crippen LogP contribution in [0.15, 0.2) is 36.7 Å². The third kappa shape index (κ3) is 3.77. The van der Waals surface area contributed by atoms with Gasteiger partial charge in [0.25, 0.3) is 5.91 Å². The van der Waals surface area contributed by atoms with Crippen LogP contribution in [0.1, 0.15) is 48.0 Å². The van der Waals surface area contributed by atoms with Crippen LogP contribution in [0.25, 0.3) is 5.65 Å². The number of rotatable bonds is 7. The van der Waals surface area contributed by atoms with Crippen LogP contribution in [0.5, 0.6) is 11.5 Å². The molecule has 0 spiro atoms. The molecule has 8 nitrogen and oxygen atoms in total. The summed E-state index contributed by atoms with van der Waals surface area (Å²) in [4.78, 5) is 19.0. The Bertz CT molecular complexity index is 1040. The second kappa shape index (κ2) is 8.61. The van der Waals surface area contributed by atoms with E-state index in [4.69, 9.17) is 20.3 Å². The first-order chi connectivity index (χ1) is 14.6. The lowest BCUT2D eigenvalue weighted by atomic mass is 9.93. The molecule has 4 rings (SSSR count). The third-order valence-electron chi connectivity index (χ3n) is 5.74. The molecule has 0 radical (unpaired) electrons. The molecule has 1 aromatic carbocycles. The van der Waals surface area contributed by atoms with E-state index in [-0.39, 0.29) is 6.04 Å². The Kier molecular flexibility index (Phi) is 5.74. The number of amides is 1. The van der Waals surface area contributed by atoms with Crippen molar-refractivity contribution in [3.8, 4) is 11.5 Å². The van der Waals surface area contributed by atoms with E-state index in [1.165, 1.54) is 6.42 Å². The summed E-state index contributed by atoms with van der Waals surface area (Å²) < 4.78 is 12.6. The molecule has 30 heavy (non-hydrogen) atoms. The molecular formula is C22H27N5O3. The number of nitrogens with zero attached hydrogens (tertiary/aromatic N) is 4. The number of carbonyl (C=O) groups excluding carboxylic acids is 1. The Labute approximate surface area is 175 Å². The van der Waals surface area contributed by atoms with Crippen LogP contribution in [0.4, 0.5) is 5.82 Å². The number of benzene rings is 1. The molecule has 2 N–H and O–H groups in total. The lowest BCUT2D eigenvalue weighted by Gasteiger charge is -2.35. The van der Waals surface area contributed by atoms with E-state index in [0.29, 0.717) is 23.6 Å². The number of hydrogen-bond donors (Lipinski definition) is 1. The minimum Gasteiger partial charge on any atom is -0.497 e. The average Bonchev–Trinajstić information content (AvgIpc) is 3.17. The van der Waals surface area contributed by atoms with Gasteiger partial charge in [-0.25, -0.2) is 9.50 Å². The van der Waals surface area contributed by atoms with Gasteiger partial charge in [-0.15, -0.1) is 5.10 Å². The van der Waals surface area contributed by atoms with E-state index in [9.17, 15) is 4.79 Å². The fourth-order valence-electron chi connectivity index (χ4n) is 4.26. The van der Waals surface area contributed by atoms with Crippen molar-refractivity contribution in [2.24, 2.45) is 5.73 Å². The Morgan fingerprint density at radius 2 is 2.03 bits per heavy atom. The number of aromatic nitrogens is 3. The predicted molar refractivity (Wildman–Crippen MR) is 114 cm³/mol. The number of carbonyl (C=O) groups is 1. The maximum absolute atomic E-state index is 12.4. The highest BCUT2D eigenvalue weighted by molar-refractivity contribution is 6.03. The summed E-state index contributed by atoms with van der Waals surface area (Å²) in [6.07, 6.45) is 9.01. The summed E-state index contributed by atoms with van der Waals surface area (Å²) in [5, 5.41) is 4.71. The largest absolute Gasteiger partial charge is 0.497 e. The Morgan fingerprint density at radius 3 is 2.73 bits per heavy atom. The first-order valence-corrected chi connectivity index (χ1v) is 10.2. The molecule has 8 heteroatoms. The molecule has 1 saturated carbocycles. The van der Waals surface area contributed by atoms with Crippen molar-refractivity contribution < 1.29 is 14.3 Å². The van der Waals surface area contributed by atoms with E-state index < -0.39 is 5.91 Å². The summed E-state index contributed by atoms with van der Waals surface area (Å²) in [6.45, 7) is 0.523. The maximum atomic E-state index is 12.4. The van der Waals surface area contributed by atoms with Crippen molar-refractivity contribution in [1.29, 1.82) is 0 Å². The first-order valence-electron chi connectivity index (χ1n) is 10.2. The average molecular weight is 409 g/mol. The smallest absolute Gasteiger partial charge is 0.256 e. The summed E-state index contributed by atoms with van der Waals surface area (Å²) in [5.74, 6) is 1.55. The van der Waals surface area contributed by atoms with Crippen molar-refractivity contribution in [3.05, 3.63) is 47.8 Å². The summed E-state index contributed by atoms with van der Waals surface area (Å²) in [5.41, 5.74) is 7.57. The van der Waals surface area contributed by atoms with Gasteiger partial charge >= 0.3 is 0 Å². The molecule has 0 bridgehead atoms. The van der Waals surface area contributed by atoms with Gasteiger partial charge in [-0.05, 0) is 37.1 Å². The van der Waals surface area contributed by atoms with Crippen LogP contribution in [0.3, 0.4) is 0 Å². The van der Waals surface area contributed by atoms with Crippen LogP contribution in [0, 0.1) is 0 Å². The van der Waals surface area contributed by atoms with Crippen LogP contribution in [-0.2, 0) is 6.54 Å². The summed E-state index contributed by atoms with van der Waals surface area (Å²) >= 11 is 0. The van der Waals surface area contributed by atoms with Gasteiger partial charge in [0.2, 0.25) is 0 Å². The number of nitrogens with two attached hydrogens (primary N) is 1. The highest BCUT2D eigenvalue weighted by Gasteiger charge is 2.30. The predicted octanol–water partition coefficient (Wildman–Crippen LogP) is 3.18. The number of methoxy groups -OCH3 is 2. The number of anilines is 1. The summed E-state index contributed by atoms with van der Waals surface area (Å²) in [7, 11) is 3.30.